The molecule has 0 atom stereocenters. The van der Waals surface area contributed by atoms with E-state index < -0.39 is 0 Å². The van der Waals surface area contributed by atoms with Crippen LogP contribution in [0.1, 0.15) is 30.6 Å². The molecule has 0 aliphatic heterocycles. The molecule has 1 rings (SSSR count). The highest BCUT2D eigenvalue weighted by Crippen LogP contribution is 2.13. The summed E-state index contributed by atoms with van der Waals surface area (Å²) in [6.07, 6.45) is 4.19. The van der Waals surface area contributed by atoms with Gasteiger partial charge in [-0.05, 0) is 26.3 Å². The zero-order chi connectivity index (χ0) is 14.1. The van der Waals surface area contributed by atoms with Crippen LogP contribution in [-0.2, 0) is 4.74 Å². The van der Waals surface area contributed by atoms with Gasteiger partial charge < -0.3 is 15.0 Å². The summed E-state index contributed by atoms with van der Waals surface area (Å²) in [7, 11) is 1.65. The minimum Gasteiger partial charge on any atom is -0.385 e. The van der Waals surface area contributed by atoms with Gasteiger partial charge in [0.05, 0.1) is 17.4 Å². The Morgan fingerprint density at radius 1 is 1.37 bits per heavy atom. The van der Waals surface area contributed by atoms with Gasteiger partial charge in [0.25, 0.3) is 5.91 Å². The summed E-state index contributed by atoms with van der Waals surface area (Å²) >= 11 is 0. The quantitative estimate of drug-likeness (QED) is 0.727. The molecule has 0 saturated heterocycles. The summed E-state index contributed by atoms with van der Waals surface area (Å²) in [5.41, 5.74) is 1.58. The number of carbonyl (C=O) groups excluding carboxylic acids is 1. The minimum absolute atomic E-state index is 0.0855. The third-order valence-corrected chi connectivity index (χ3v) is 2.93. The van der Waals surface area contributed by atoms with E-state index in [1.165, 1.54) is 0 Å². The highest BCUT2D eigenvalue weighted by molar-refractivity contribution is 5.94. The maximum absolute atomic E-state index is 11.9. The van der Waals surface area contributed by atoms with Crippen molar-refractivity contribution in [3.05, 3.63) is 24.0 Å². The van der Waals surface area contributed by atoms with Crippen LogP contribution in [0.25, 0.3) is 0 Å². The second kappa shape index (κ2) is 8.48. The van der Waals surface area contributed by atoms with E-state index in [-0.39, 0.29) is 5.91 Å². The predicted octanol–water partition coefficient (Wildman–Crippen LogP) is 1.69. The Bertz CT molecular complexity index is 392. The van der Waals surface area contributed by atoms with Gasteiger partial charge in [-0.2, -0.15) is 0 Å². The lowest BCUT2D eigenvalue weighted by Gasteiger charge is -2.20. The Morgan fingerprint density at radius 2 is 2.11 bits per heavy atom. The molecule has 0 radical (unpaired) electrons. The third-order valence-electron chi connectivity index (χ3n) is 2.93. The third kappa shape index (κ3) is 4.87. The maximum atomic E-state index is 11.9. The monoisotopic (exact) mass is 265 g/mol. The molecule has 0 aliphatic carbocycles. The van der Waals surface area contributed by atoms with Gasteiger partial charge in [0.15, 0.2) is 0 Å². The van der Waals surface area contributed by atoms with Crippen molar-refractivity contribution in [1.29, 1.82) is 0 Å². The Labute approximate surface area is 115 Å². The van der Waals surface area contributed by atoms with Crippen LogP contribution in [0.3, 0.4) is 0 Å². The molecule has 19 heavy (non-hydrogen) atoms. The average molecular weight is 265 g/mol. The lowest BCUT2D eigenvalue weighted by Crippen LogP contribution is -2.26. The molecular weight excluding hydrogens is 242 g/mol. The number of amides is 1. The van der Waals surface area contributed by atoms with Gasteiger partial charge in [0.1, 0.15) is 0 Å². The first-order valence-electron chi connectivity index (χ1n) is 6.70. The van der Waals surface area contributed by atoms with Crippen molar-refractivity contribution >= 4 is 11.6 Å². The number of anilines is 1. The van der Waals surface area contributed by atoms with Gasteiger partial charge in [-0.25, -0.2) is 0 Å². The first-order valence-corrected chi connectivity index (χ1v) is 6.70. The molecule has 5 heteroatoms. The van der Waals surface area contributed by atoms with Crippen molar-refractivity contribution in [1.82, 2.24) is 10.3 Å². The molecule has 0 bridgehead atoms. The molecular formula is C14H23N3O2. The fourth-order valence-electron chi connectivity index (χ4n) is 1.83. The van der Waals surface area contributed by atoms with Crippen LogP contribution in [0.5, 0.6) is 0 Å². The van der Waals surface area contributed by atoms with Crippen LogP contribution in [0, 0.1) is 0 Å². The zero-order valence-corrected chi connectivity index (χ0v) is 12.0. The number of pyridine rings is 1. The molecule has 1 aromatic heterocycles. The highest BCUT2D eigenvalue weighted by atomic mass is 16.5. The van der Waals surface area contributed by atoms with Gasteiger partial charge in [-0.15, -0.1) is 0 Å². The zero-order valence-electron chi connectivity index (χ0n) is 12.0. The fraction of sp³-hybridized carbons (Fsp3) is 0.571. The van der Waals surface area contributed by atoms with Crippen molar-refractivity contribution in [2.24, 2.45) is 0 Å². The number of carbonyl (C=O) groups is 1. The SMILES string of the molecule is CCN(CC)c1cncc(C(=O)NCCCOC)c1. The summed E-state index contributed by atoms with van der Waals surface area (Å²) in [4.78, 5) is 18.2. The first kappa shape index (κ1) is 15.4. The van der Waals surface area contributed by atoms with Crippen LogP contribution in [0.2, 0.25) is 0 Å². The summed E-state index contributed by atoms with van der Waals surface area (Å²) in [6, 6.07) is 1.88. The molecule has 1 N–H and O–H groups in total. The number of rotatable bonds is 8. The smallest absolute Gasteiger partial charge is 0.252 e. The van der Waals surface area contributed by atoms with E-state index in [2.05, 4.69) is 29.0 Å². The molecule has 0 spiro atoms. The van der Waals surface area contributed by atoms with Gasteiger partial charge in [0, 0.05) is 39.5 Å². The Kier molecular flexibility index (Phi) is 6.89. The van der Waals surface area contributed by atoms with Crippen molar-refractivity contribution in [3.63, 3.8) is 0 Å². The van der Waals surface area contributed by atoms with Crippen LogP contribution >= 0.6 is 0 Å². The summed E-state index contributed by atoms with van der Waals surface area (Å²) < 4.78 is 4.94. The molecule has 0 unspecified atom stereocenters. The number of aromatic nitrogens is 1. The van der Waals surface area contributed by atoms with Gasteiger partial charge in [0.2, 0.25) is 0 Å². The van der Waals surface area contributed by atoms with E-state index >= 15 is 0 Å². The molecule has 106 valence electrons. The van der Waals surface area contributed by atoms with Crippen molar-refractivity contribution in [2.75, 3.05) is 38.3 Å². The van der Waals surface area contributed by atoms with Gasteiger partial charge in [-0.1, -0.05) is 0 Å². The summed E-state index contributed by atoms with van der Waals surface area (Å²) in [5.74, 6) is -0.0855. The van der Waals surface area contributed by atoms with E-state index in [1.54, 1.807) is 19.5 Å². The van der Waals surface area contributed by atoms with Crippen molar-refractivity contribution < 1.29 is 9.53 Å². The van der Waals surface area contributed by atoms with Gasteiger partial charge in [-0.3, -0.25) is 9.78 Å². The standard InChI is InChI=1S/C14H23N3O2/c1-4-17(5-2)13-9-12(10-15-11-13)14(18)16-7-6-8-19-3/h9-11H,4-8H2,1-3H3,(H,16,18). The highest BCUT2D eigenvalue weighted by Gasteiger charge is 2.08. The molecule has 0 saturated carbocycles. The number of hydrogen-bond donors (Lipinski definition) is 1. The number of nitrogens with one attached hydrogen (secondary N) is 1. The predicted molar refractivity (Wildman–Crippen MR) is 76.6 cm³/mol. The van der Waals surface area contributed by atoms with Crippen LogP contribution in [0.15, 0.2) is 18.5 Å². The number of hydrogen-bond acceptors (Lipinski definition) is 4. The molecule has 5 nitrogen and oxygen atoms in total. The molecule has 0 fully saturated rings. The number of ether oxygens (including phenoxy) is 1. The Morgan fingerprint density at radius 3 is 2.74 bits per heavy atom. The van der Waals surface area contributed by atoms with Crippen LogP contribution < -0.4 is 10.2 Å². The first-order chi connectivity index (χ1) is 9.22. The largest absolute Gasteiger partial charge is 0.385 e. The Hall–Kier alpha value is -1.62. The second-order valence-corrected chi connectivity index (χ2v) is 4.21. The molecule has 1 heterocycles. The van der Waals surface area contributed by atoms with Crippen molar-refractivity contribution in [2.45, 2.75) is 20.3 Å². The maximum Gasteiger partial charge on any atom is 0.252 e. The Balaban J connectivity index is 2.62. The lowest BCUT2D eigenvalue weighted by atomic mass is 10.2. The summed E-state index contributed by atoms with van der Waals surface area (Å²) in [5, 5.41) is 2.86. The van der Waals surface area contributed by atoms with Crippen molar-refractivity contribution in [3.8, 4) is 0 Å². The molecule has 1 amide bonds. The fourth-order valence-corrected chi connectivity index (χ4v) is 1.83. The summed E-state index contributed by atoms with van der Waals surface area (Å²) in [6.45, 7) is 7.23. The van der Waals surface area contributed by atoms with Crippen LogP contribution in [-0.4, -0.2) is 44.2 Å². The lowest BCUT2D eigenvalue weighted by molar-refractivity contribution is 0.0948. The second-order valence-electron chi connectivity index (χ2n) is 4.21. The molecule has 1 aromatic rings. The topological polar surface area (TPSA) is 54.5 Å². The van der Waals surface area contributed by atoms with Crippen LogP contribution in [0.4, 0.5) is 5.69 Å². The molecule has 0 aromatic carbocycles. The van der Waals surface area contributed by atoms with E-state index in [9.17, 15) is 4.79 Å². The number of nitrogens with zero attached hydrogens (tertiary/aromatic N) is 2. The normalized spacial score (nSPS) is 10.3. The average Bonchev–Trinajstić information content (AvgIpc) is 2.45. The van der Waals surface area contributed by atoms with Gasteiger partial charge >= 0.3 is 0 Å². The van der Waals surface area contributed by atoms with E-state index in [0.717, 1.165) is 25.2 Å². The van der Waals surface area contributed by atoms with E-state index in [4.69, 9.17) is 4.74 Å². The number of methoxy groups -OCH3 is 1. The minimum atomic E-state index is -0.0855. The van der Waals surface area contributed by atoms with E-state index in [1.807, 2.05) is 6.07 Å². The van der Waals surface area contributed by atoms with E-state index in [0.29, 0.717) is 18.7 Å². The molecule has 0 aliphatic rings.